The molecular formula is C27H37FO6. The van der Waals surface area contributed by atoms with Gasteiger partial charge in [-0.25, -0.2) is 4.39 Å². The molecule has 9 atom stereocenters. The van der Waals surface area contributed by atoms with Gasteiger partial charge in [0.1, 0.15) is 11.8 Å². The fourth-order valence-corrected chi connectivity index (χ4v) is 7.72. The maximum absolute atomic E-state index is 15.5. The predicted molar refractivity (Wildman–Crippen MR) is 123 cm³/mol. The number of aliphatic hydroxyl groups excluding tert-OH is 1. The van der Waals surface area contributed by atoms with Crippen molar-refractivity contribution in [3.05, 3.63) is 23.8 Å². The van der Waals surface area contributed by atoms with Gasteiger partial charge in [-0.15, -0.1) is 0 Å². The van der Waals surface area contributed by atoms with E-state index in [1.54, 1.807) is 33.8 Å². The van der Waals surface area contributed by atoms with Gasteiger partial charge in [0, 0.05) is 16.7 Å². The predicted octanol–water partition coefficient (Wildman–Crippen LogP) is 3.35. The minimum Gasteiger partial charge on any atom is -0.457 e. The average molecular weight is 477 g/mol. The van der Waals surface area contributed by atoms with Gasteiger partial charge in [0.05, 0.1) is 11.5 Å². The molecule has 0 bridgehead atoms. The Morgan fingerprint density at radius 3 is 2.50 bits per heavy atom. The Bertz CT molecular complexity index is 978. The normalized spacial score (nSPS) is 45.7. The molecular weight excluding hydrogens is 439 g/mol. The second-order valence-electron chi connectivity index (χ2n) is 12.5. The Labute approximate surface area is 200 Å². The molecule has 4 aliphatic rings. The van der Waals surface area contributed by atoms with Crippen LogP contribution >= 0.6 is 0 Å². The summed E-state index contributed by atoms with van der Waals surface area (Å²) in [6, 6.07) is 0. The van der Waals surface area contributed by atoms with Crippen LogP contribution in [0.25, 0.3) is 0 Å². The molecule has 2 N–H and O–H groups in total. The lowest BCUT2D eigenvalue weighted by atomic mass is 9.46. The zero-order valence-corrected chi connectivity index (χ0v) is 20.9. The van der Waals surface area contributed by atoms with Crippen LogP contribution in [0.4, 0.5) is 4.39 Å². The summed E-state index contributed by atoms with van der Waals surface area (Å²) in [5.74, 6) is -2.59. The number of Topliss-reactive ketones (excluding diaryl/α,β-unsaturated/α-hetero) is 1. The lowest BCUT2D eigenvalue weighted by Crippen LogP contribution is -2.63. The fourth-order valence-electron chi connectivity index (χ4n) is 7.72. The lowest BCUT2D eigenvalue weighted by Gasteiger charge is -2.60. The molecule has 3 fully saturated rings. The van der Waals surface area contributed by atoms with Crippen LogP contribution in [0.5, 0.6) is 0 Å². The molecule has 0 aromatic heterocycles. The van der Waals surface area contributed by atoms with Crippen LogP contribution in [0.2, 0.25) is 0 Å². The van der Waals surface area contributed by atoms with Crippen molar-refractivity contribution in [3.8, 4) is 0 Å². The smallest absolute Gasteiger partial charge is 0.311 e. The Morgan fingerprint density at radius 2 is 1.88 bits per heavy atom. The number of hydrogen-bond donors (Lipinski definition) is 2. The number of halogens is 1. The molecule has 0 aliphatic heterocycles. The zero-order valence-electron chi connectivity index (χ0n) is 20.9. The van der Waals surface area contributed by atoms with E-state index in [0.717, 1.165) is 0 Å². The summed E-state index contributed by atoms with van der Waals surface area (Å²) < 4.78 is 20.7. The van der Waals surface area contributed by atoms with E-state index in [1.807, 2.05) is 13.8 Å². The van der Waals surface area contributed by atoms with Crippen molar-refractivity contribution >= 4 is 17.5 Å². The Hall–Kier alpha value is -1.86. The summed E-state index contributed by atoms with van der Waals surface area (Å²) in [4.78, 5) is 37.6. The van der Waals surface area contributed by atoms with E-state index in [1.165, 1.54) is 12.2 Å². The average Bonchev–Trinajstić information content (AvgIpc) is 2.93. The number of carbonyl (C=O) groups is 3. The summed E-state index contributed by atoms with van der Waals surface area (Å²) in [5, 5.41) is 23.3. The highest BCUT2D eigenvalue weighted by Gasteiger charge is 2.71. The third kappa shape index (κ3) is 3.37. The highest BCUT2D eigenvalue weighted by molar-refractivity contribution is 6.01. The number of ether oxygens (including phenoxy) is 1. The Morgan fingerprint density at radius 1 is 1.24 bits per heavy atom. The van der Waals surface area contributed by atoms with Crippen molar-refractivity contribution in [2.24, 2.45) is 39.9 Å². The summed E-state index contributed by atoms with van der Waals surface area (Å²) in [7, 11) is 0. The second-order valence-corrected chi connectivity index (χ2v) is 12.5. The third-order valence-electron chi connectivity index (χ3n) is 9.43. The van der Waals surface area contributed by atoms with Gasteiger partial charge in [-0.2, -0.15) is 0 Å². The van der Waals surface area contributed by atoms with E-state index >= 15 is 4.39 Å². The van der Waals surface area contributed by atoms with E-state index in [0.29, 0.717) is 12.0 Å². The quantitative estimate of drug-likeness (QED) is 0.606. The van der Waals surface area contributed by atoms with Crippen molar-refractivity contribution < 1.29 is 33.7 Å². The van der Waals surface area contributed by atoms with E-state index in [-0.39, 0.29) is 36.4 Å². The number of aliphatic hydroxyl groups is 2. The Balaban J connectivity index is 1.67. The Kier molecular flexibility index (Phi) is 5.81. The number of fused-ring (bicyclic) bond motifs is 5. The SMILES string of the molecule is CC1CC2C3CC(F)C4=CC(=O)C=CC4(C)C3C(O)CC2(C)C1(O)C(=O)COC(=O)C(C)(C)C. The fraction of sp³-hybridized carbons (Fsp3) is 0.741. The van der Waals surface area contributed by atoms with E-state index in [9.17, 15) is 24.6 Å². The summed E-state index contributed by atoms with van der Waals surface area (Å²) >= 11 is 0. The molecule has 188 valence electrons. The van der Waals surface area contributed by atoms with Gasteiger partial charge in [-0.1, -0.05) is 26.8 Å². The molecule has 4 rings (SSSR count). The van der Waals surface area contributed by atoms with Crippen LogP contribution in [0.3, 0.4) is 0 Å². The molecule has 3 saturated carbocycles. The van der Waals surface area contributed by atoms with E-state index in [2.05, 4.69) is 0 Å². The summed E-state index contributed by atoms with van der Waals surface area (Å²) in [5.41, 5.74) is -3.96. The highest BCUT2D eigenvalue weighted by atomic mass is 19.1. The first kappa shape index (κ1) is 25.2. The maximum atomic E-state index is 15.5. The number of hydrogen-bond acceptors (Lipinski definition) is 6. The number of carbonyl (C=O) groups excluding carboxylic acids is 3. The molecule has 0 radical (unpaired) electrons. The minimum atomic E-state index is -1.80. The van der Waals surface area contributed by atoms with Gasteiger partial charge in [0.2, 0.25) is 5.78 Å². The molecule has 0 aromatic carbocycles. The number of rotatable bonds is 3. The van der Waals surface area contributed by atoms with Gasteiger partial charge < -0.3 is 14.9 Å². The largest absolute Gasteiger partial charge is 0.457 e. The molecule has 6 nitrogen and oxygen atoms in total. The van der Waals surface area contributed by atoms with Crippen molar-refractivity contribution in [3.63, 3.8) is 0 Å². The van der Waals surface area contributed by atoms with Gasteiger partial charge >= 0.3 is 5.97 Å². The van der Waals surface area contributed by atoms with Crippen molar-refractivity contribution in [1.82, 2.24) is 0 Å². The van der Waals surface area contributed by atoms with Crippen LogP contribution < -0.4 is 0 Å². The number of allylic oxidation sites excluding steroid dienone is 4. The molecule has 0 amide bonds. The summed E-state index contributed by atoms with van der Waals surface area (Å²) in [6.45, 7) is 10.0. The summed E-state index contributed by atoms with van der Waals surface area (Å²) in [6.07, 6.45) is 3.11. The van der Waals surface area contributed by atoms with E-state index in [4.69, 9.17) is 4.74 Å². The van der Waals surface area contributed by atoms with Gasteiger partial charge in [0.15, 0.2) is 12.4 Å². The van der Waals surface area contributed by atoms with Crippen molar-refractivity contribution in [1.29, 1.82) is 0 Å². The molecule has 0 aromatic rings. The standard InChI is InChI=1S/C27H37FO6/c1-14-9-17-16-11-19(28)18-10-15(29)7-8-25(18,5)22(16)20(30)12-26(17,6)27(14,33)21(31)13-34-23(32)24(2,3)4/h7-8,10,14,16-17,19-20,22,30,33H,9,11-13H2,1-6H3. The topological polar surface area (TPSA) is 101 Å². The van der Waals surface area contributed by atoms with Crippen LogP contribution in [-0.4, -0.2) is 52.2 Å². The molecule has 4 aliphatic carbocycles. The van der Waals surface area contributed by atoms with Gasteiger partial charge in [-0.05, 0) is 75.5 Å². The first-order chi connectivity index (χ1) is 15.6. The van der Waals surface area contributed by atoms with Crippen LogP contribution in [-0.2, 0) is 19.1 Å². The highest BCUT2D eigenvalue weighted by Crippen LogP contribution is 2.68. The zero-order chi connectivity index (χ0) is 25.4. The first-order valence-electron chi connectivity index (χ1n) is 12.3. The second kappa shape index (κ2) is 7.82. The number of alkyl halides is 1. The third-order valence-corrected chi connectivity index (χ3v) is 9.43. The number of ketones is 2. The molecule has 0 heterocycles. The van der Waals surface area contributed by atoms with Gasteiger partial charge in [0.25, 0.3) is 0 Å². The van der Waals surface area contributed by atoms with Crippen molar-refractivity contribution in [2.45, 2.75) is 78.7 Å². The maximum Gasteiger partial charge on any atom is 0.311 e. The molecule has 9 unspecified atom stereocenters. The van der Waals surface area contributed by atoms with E-state index < -0.39 is 58.4 Å². The van der Waals surface area contributed by atoms with Crippen LogP contribution in [0.15, 0.2) is 23.8 Å². The first-order valence-corrected chi connectivity index (χ1v) is 12.3. The lowest BCUT2D eigenvalue weighted by molar-refractivity contribution is -0.188. The van der Waals surface area contributed by atoms with Crippen LogP contribution in [0, 0.1) is 39.9 Å². The van der Waals surface area contributed by atoms with Crippen molar-refractivity contribution in [2.75, 3.05) is 6.61 Å². The molecule has 0 saturated heterocycles. The minimum absolute atomic E-state index is 0.139. The van der Waals surface area contributed by atoms with Crippen LogP contribution in [0.1, 0.15) is 60.8 Å². The molecule has 34 heavy (non-hydrogen) atoms. The molecule has 0 spiro atoms. The number of esters is 1. The van der Waals surface area contributed by atoms with Gasteiger partial charge in [-0.3, -0.25) is 14.4 Å². The molecule has 7 heteroatoms. The monoisotopic (exact) mass is 476 g/mol.